The van der Waals surface area contributed by atoms with Gasteiger partial charge in [-0.2, -0.15) is 4.98 Å². The van der Waals surface area contributed by atoms with Gasteiger partial charge in [0.15, 0.2) is 11.5 Å². The van der Waals surface area contributed by atoms with E-state index in [0.29, 0.717) is 17.3 Å². The Bertz CT molecular complexity index is 528. The molecule has 2 aromatic heterocycles. The predicted molar refractivity (Wildman–Crippen MR) is 60.1 cm³/mol. The van der Waals surface area contributed by atoms with Crippen LogP contribution in [0.1, 0.15) is 19.6 Å². The lowest BCUT2D eigenvalue weighted by Crippen LogP contribution is -2.18. The van der Waals surface area contributed by atoms with E-state index in [4.69, 9.17) is 4.52 Å². The summed E-state index contributed by atoms with van der Waals surface area (Å²) in [6.07, 6.45) is 0. The van der Waals surface area contributed by atoms with Crippen LogP contribution in [0.25, 0.3) is 11.5 Å². The van der Waals surface area contributed by atoms with Gasteiger partial charge in [0.2, 0.25) is 11.9 Å². The summed E-state index contributed by atoms with van der Waals surface area (Å²) in [6, 6.07) is 1.73. The van der Waals surface area contributed by atoms with Crippen molar-refractivity contribution in [3.63, 3.8) is 0 Å². The van der Waals surface area contributed by atoms with Crippen LogP contribution >= 0.6 is 0 Å². The highest BCUT2D eigenvalue weighted by molar-refractivity contribution is 5.90. The summed E-state index contributed by atoms with van der Waals surface area (Å²) in [6.45, 7) is 5.38. The maximum Gasteiger partial charge on any atom is 0.249 e. The number of amides is 1. The molecule has 0 aromatic carbocycles. The van der Waals surface area contributed by atoms with Crippen molar-refractivity contribution >= 4 is 11.9 Å². The second kappa shape index (κ2) is 4.36. The average Bonchev–Trinajstić information content (AvgIpc) is 2.86. The third-order valence-electron chi connectivity index (χ3n) is 2.12. The lowest BCUT2D eigenvalue weighted by Gasteiger charge is -2.01. The third kappa shape index (κ3) is 2.49. The minimum Gasteiger partial charge on any atom is -0.361 e. The Morgan fingerprint density at radius 3 is 2.88 bits per heavy atom. The van der Waals surface area contributed by atoms with E-state index in [1.54, 1.807) is 26.8 Å². The van der Waals surface area contributed by atoms with Crippen LogP contribution in [0.4, 0.5) is 5.95 Å². The molecule has 0 radical (unpaired) electrons. The molecular formula is C10H13N5O2. The van der Waals surface area contributed by atoms with Crippen LogP contribution in [0, 0.1) is 12.8 Å². The topological polar surface area (TPSA) is 96.7 Å². The number of aryl methyl sites for hydroxylation is 1. The molecule has 0 unspecified atom stereocenters. The van der Waals surface area contributed by atoms with E-state index < -0.39 is 0 Å². The van der Waals surface area contributed by atoms with Crippen molar-refractivity contribution < 1.29 is 9.32 Å². The Morgan fingerprint density at radius 2 is 2.29 bits per heavy atom. The summed E-state index contributed by atoms with van der Waals surface area (Å²) >= 11 is 0. The summed E-state index contributed by atoms with van der Waals surface area (Å²) < 4.78 is 4.92. The van der Waals surface area contributed by atoms with Gasteiger partial charge in [0.05, 0.1) is 0 Å². The highest BCUT2D eigenvalue weighted by Gasteiger charge is 2.13. The fraction of sp³-hybridized carbons (Fsp3) is 0.400. The Morgan fingerprint density at radius 1 is 1.53 bits per heavy atom. The van der Waals surface area contributed by atoms with Gasteiger partial charge in [-0.3, -0.25) is 15.2 Å². The van der Waals surface area contributed by atoms with Gasteiger partial charge in [-0.25, -0.2) is 0 Å². The number of nitrogens with zero attached hydrogens (tertiary/aromatic N) is 3. The number of carbonyl (C=O) groups excluding carboxylic acids is 1. The van der Waals surface area contributed by atoms with E-state index in [2.05, 4.69) is 25.7 Å². The summed E-state index contributed by atoms with van der Waals surface area (Å²) in [5.41, 5.74) is 0.556. The molecular weight excluding hydrogens is 222 g/mol. The van der Waals surface area contributed by atoms with E-state index >= 15 is 0 Å². The van der Waals surface area contributed by atoms with Crippen LogP contribution in [0.15, 0.2) is 10.6 Å². The molecule has 0 aliphatic carbocycles. The van der Waals surface area contributed by atoms with Crippen LogP contribution in [0.3, 0.4) is 0 Å². The average molecular weight is 235 g/mol. The van der Waals surface area contributed by atoms with E-state index in [9.17, 15) is 4.79 Å². The van der Waals surface area contributed by atoms with Crippen molar-refractivity contribution in [2.45, 2.75) is 20.8 Å². The highest BCUT2D eigenvalue weighted by Crippen LogP contribution is 2.15. The van der Waals surface area contributed by atoms with Crippen LogP contribution in [0.5, 0.6) is 0 Å². The summed E-state index contributed by atoms with van der Waals surface area (Å²) in [5.74, 6) is 1.13. The van der Waals surface area contributed by atoms with Gasteiger partial charge in [-0.1, -0.05) is 19.0 Å². The third-order valence-corrected chi connectivity index (χ3v) is 2.12. The lowest BCUT2D eigenvalue weighted by atomic mass is 10.2. The number of carbonyl (C=O) groups is 1. The van der Waals surface area contributed by atoms with E-state index in [1.807, 2.05) is 0 Å². The second-order valence-electron chi connectivity index (χ2n) is 3.97. The second-order valence-corrected chi connectivity index (χ2v) is 3.97. The van der Waals surface area contributed by atoms with Gasteiger partial charge in [-0.05, 0) is 6.92 Å². The van der Waals surface area contributed by atoms with Crippen molar-refractivity contribution in [1.82, 2.24) is 20.3 Å². The molecule has 1 amide bonds. The maximum absolute atomic E-state index is 11.4. The number of hydrogen-bond donors (Lipinski definition) is 2. The van der Waals surface area contributed by atoms with Gasteiger partial charge in [-0.15, -0.1) is 5.10 Å². The number of aromatic nitrogens is 4. The molecule has 0 bridgehead atoms. The van der Waals surface area contributed by atoms with E-state index in [0.717, 1.165) is 0 Å². The standard InChI is InChI=1S/C10H13N5O2/c1-5(2)9(16)12-10-11-8(13-14-10)7-4-6(3)17-15-7/h4-5H,1-3H3,(H2,11,12,13,14,16). The van der Waals surface area contributed by atoms with Crippen LogP contribution in [-0.2, 0) is 4.79 Å². The van der Waals surface area contributed by atoms with Crippen molar-refractivity contribution in [2.75, 3.05) is 5.32 Å². The van der Waals surface area contributed by atoms with Crippen LogP contribution in [0.2, 0.25) is 0 Å². The largest absolute Gasteiger partial charge is 0.361 e. The number of nitrogens with one attached hydrogen (secondary N) is 2. The fourth-order valence-electron chi connectivity index (χ4n) is 1.16. The number of aromatic amines is 1. The van der Waals surface area contributed by atoms with Gasteiger partial charge >= 0.3 is 0 Å². The molecule has 2 rings (SSSR count). The van der Waals surface area contributed by atoms with Gasteiger partial charge in [0, 0.05) is 12.0 Å². The monoisotopic (exact) mass is 235 g/mol. The summed E-state index contributed by atoms with van der Waals surface area (Å²) in [7, 11) is 0. The fourth-order valence-corrected chi connectivity index (χ4v) is 1.16. The van der Waals surface area contributed by atoms with Crippen LogP contribution < -0.4 is 5.32 Å². The molecule has 0 spiro atoms. The molecule has 0 saturated carbocycles. The number of anilines is 1. The van der Waals surface area contributed by atoms with Gasteiger partial charge in [0.1, 0.15) is 5.76 Å². The molecule has 17 heavy (non-hydrogen) atoms. The molecule has 2 N–H and O–H groups in total. The smallest absolute Gasteiger partial charge is 0.249 e. The first-order valence-corrected chi connectivity index (χ1v) is 5.23. The summed E-state index contributed by atoms with van der Waals surface area (Å²) in [4.78, 5) is 15.5. The van der Waals surface area contributed by atoms with Gasteiger partial charge in [0.25, 0.3) is 0 Å². The van der Waals surface area contributed by atoms with Crippen LogP contribution in [-0.4, -0.2) is 26.2 Å². The number of H-pyrrole nitrogens is 1. The Kier molecular flexibility index (Phi) is 2.90. The zero-order valence-electron chi connectivity index (χ0n) is 9.81. The SMILES string of the molecule is Cc1cc(-c2nc(NC(=O)C(C)C)n[nH]2)no1. The van der Waals surface area contributed by atoms with E-state index in [-0.39, 0.29) is 17.8 Å². The minimum atomic E-state index is -0.133. The molecule has 90 valence electrons. The predicted octanol–water partition coefficient (Wildman–Crippen LogP) is 1.36. The molecule has 2 aromatic rings. The molecule has 0 aliphatic heterocycles. The minimum absolute atomic E-state index is 0.119. The molecule has 0 aliphatic rings. The van der Waals surface area contributed by atoms with Crippen molar-refractivity contribution in [2.24, 2.45) is 5.92 Å². The van der Waals surface area contributed by atoms with Crippen molar-refractivity contribution in [1.29, 1.82) is 0 Å². The molecule has 0 atom stereocenters. The first-order chi connectivity index (χ1) is 8.06. The first-order valence-electron chi connectivity index (χ1n) is 5.23. The zero-order valence-corrected chi connectivity index (χ0v) is 9.81. The normalized spacial score (nSPS) is 10.8. The maximum atomic E-state index is 11.4. The zero-order chi connectivity index (χ0) is 12.4. The quantitative estimate of drug-likeness (QED) is 0.837. The van der Waals surface area contributed by atoms with Crippen molar-refractivity contribution in [3.05, 3.63) is 11.8 Å². The highest BCUT2D eigenvalue weighted by atomic mass is 16.5. The Hall–Kier alpha value is -2.18. The Balaban J connectivity index is 2.14. The Labute approximate surface area is 97.6 Å². The summed E-state index contributed by atoms with van der Waals surface area (Å²) in [5, 5.41) is 12.9. The number of rotatable bonds is 3. The molecule has 7 heteroatoms. The number of hydrogen-bond acceptors (Lipinski definition) is 5. The molecule has 2 heterocycles. The molecule has 0 fully saturated rings. The molecule has 0 saturated heterocycles. The van der Waals surface area contributed by atoms with E-state index in [1.165, 1.54) is 0 Å². The van der Waals surface area contributed by atoms with Crippen molar-refractivity contribution in [3.8, 4) is 11.5 Å². The first kappa shape index (κ1) is 11.3. The van der Waals surface area contributed by atoms with Gasteiger partial charge < -0.3 is 4.52 Å². The molecule has 7 nitrogen and oxygen atoms in total. The lowest BCUT2D eigenvalue weighted by molar-refractivity contribution is -0.118.